The third-order valence-electron chi connectivity index (χ3n) is 3.63. The normalized spacial score (nSPS) is 20.9. The molecule has 1 aliphatic rings. The first kappa shape index (κ1) is 11.6. The van der Waals surface area contributed by atoms with Crippen LogP contribution in [0.15, 0.2) is 24.3 Å². The summed E-state index contributed by atoms with van der Waals surface area (Å²) in [5.74, 6) is 0.731. The fourth-order valence-electron chi connectivity index (χ4n) is 2.44. The van der Waals surface area contributed by atoms with Crippen molar-refractivity contribution in [2.24, 2.45) is 5.73 Å². The Balaban J connectivity index is 2.11. The summed E-state index contributed by atoms with van der Waals surface area (Å²) in [7, 11) is 2.20. The Kier molecular flexibility index (Phi) is 3.62. The van der Waals surface area contributed by atoms with E-state index in [2.05, 4.69) is 36.2 Å². The molecule has 2 heteroatoms. The molecule has 0 bridgehead atoms. The van der Waals surface area contributed by atoms with Crippen LogP contribution in [-0.4, -0.2) is 25.0 Å². The van der Waals surface area contributed by atoms with Gasteiger partial charge in [-0.2, -0.15) is 0 Å². The minimum absolute atomic E-state index is 0.145. The summed E-state index contributed by atoms with van der Waals surface area (Å²) in [6.07, 6.45) is 2.55. The maximum Gasteiger partial charge on any atom is 0.0266 e. The highest BCUT2D eigenvalue weighted by Gasteiger charge is 2.18. The zero-order chi connectivity index (χ0) is 11.5. The second-order valence-corrected chi connectivity index (χ2v) is 5.04. The molecule has 0 amide bonds. The first-order chi connectivity index (χ1) is 7.66. The highest BCUT2D eigenvalue weighted by Crippen LogP contribution is 2.28. The molecule has 1 heterocycles. The molecule has 1 unspecified atom stereocenters. The van der Waals surface area contributed by atoms with Crippen LogP contribution in [0.5, 0.6) is 0 Å². The molecule has 2 N–H and O–H groups in total. The lowest BCUT2D eigenvalue weighted by Gasteiger charge is -2.29. The number of rotatable bonds is 2. The number of benzene rings is 1. The van der Waals surface area contributed by atoms with Crippen molar-refractivity contribution < 1.29 is 0 Å². The molecule has 88 valence electrons. The second-order valence-electron chi connectivity index (χ2n) is 5.04. The van der Waals surface area contributed by atoms with Gasteiger partial charge >= 0.3 is 0 Å². The highest BCUT2D eigenvalue weighted by atomic mass is 15.1. The van der Waals surface area contributed by atoms with Crippen molar-refractivity contribution in [1.29, 1.82) is 0 Å². The topological polar surface area (TPSA) is 29.3 Å². The zero-order valence-corrected chi connectivity index (χ0v) is 10.3. The molecule has 1 fully saturated rings. The number of hydrogen-bond acceptors (Lipinski definition) is 2. The van der Waals surface area contributed by atoms with Gasteiger partial charge in [-0.25, -0.2) is 0 Å². The van der Waals surface area contributed by atoms with Crippen LogP contribution in [0, 0.1) is 0 Å². The van der Waals surface area contributed by atoms with Gasteiger partial charge < -0.3 is 10.6 Å². The van der Waals surface area contributed by atoms with Crippen molar-refractivity contribution >= 4 is 0 Å². The molecule has 1 atom stereocenters. The predicted molar refractivity (Wildman–Crippen MR) is 68.5 cm³/mol. The van der Waals surface area contributed by atoms with Gasteiger partial charge in [0.05, 0.1) is 0 Å². The number of likely N-dealkylation sites (tertiary alicyclic amines) is 1. The first-order valence-corrected chi connectivity index (χ1v) is 6.21. The smallest absolute Gasteiger partial charge is 0.0266 e. The van der Waals surface area contributed by atoms with Gasteiger partial charge in [-0.3, -0.25) is 0 Å². The number of piperidine rings is 1. The number of nitrogens with zero attached hydrogens (tertiary/aromatic N) is 1. The predicted octanol–water partition coefficient (Wildman–Crippen LogP) is 2.52. The minimum atomic E-state index is 0.145. The fraction of sp³-hybridized carbons (Fsp3) is 0.571. The molecule has 1 saturated heterocycles. The standard InChI is InChI=1S/C14H22N2/c1-11(15)13-4-3-5-14(10-13)12-6-8-16(2)9-7-12/h3-5,10-12H,6-9,15H2,1-2H3. The van der Waals surface area contributed by atoms with Crippen LogP contribution in [0.1, 0.15) is 42.9 Å². The lowest BCUT2D eigenvalue weighted by molar-refractivity contribution is 0.255. The Labute approximate surface area is 98.4 Å². The van der Waals surface area contributed by atoms with Gasteiger partial charge in [0.15, 0.2) is 0 Å². The van der Waals surface area contributed by atoms with Crippen LogP contribution >= 0.6 is 0 Å². The molecular formula is C14H22N2. The summed E-state index contributed by atoms with van der Waals surface area (Å²) in [5.41, 5.74) is 8.66. The van der Waals surface area contributed by atoms with Gasteiger partial charge in [0.1, 0.15) is 0 Å². The van der Waals surface area contributed by atoms with E-state index in [-0.39, 0.29) is 6.04 Å². The minimum Gasteiger partial charge on any atom is -0.324 e. The average molecular weight is 218 g/mol. The number of hydrogen-bond donors (Lipinski definition) is 1. The van der Waals surface area contributed by atoms with Crippen LogP contribution in [0.25, 0.3) is 0 Å². The van der Waals surface area contributed by atoms with E-state index in [0.717, 1.165) is 5.92 Å². The summed E-state index contributed by atoms with van der Waals surface area (Å²) in [4.78, 5) is 2.41. The highest BCUT2D eigenvalue weighted by molar-refractivity contribution is 5.28. The van der Waals surface area contributed by atoms with E-state index < -0.39 is 0 Å². The Hall–Kier alpha value is -0.860. The maximum absolute atomic E-state index is 5.93. The summed E-state index contributed by atoms with van der Waals surface area (Å²) < 4.78 is 0. The first-order valence-electron chi connectivity index (χ1n) is 6.21. The summed E-state index contributed by atoms with van der Waals surface area (Å²) in [5, 5.41) is 0. The Morgan fingerprint density at radius 1 is 1.31 bits per heavy atom. The van der Waals surface area contributed by atoms with Gasteiger partial charge in [0.2, 0.25) is 0 Å². The van der Waals surface area contributed by atoms with E-state index in [9.17, 15) is 0 Å². The lowest BCUT2D eigenvalue weighted by Crippen LogP contribution is -2.29. The Morgan fingerprint density at radius 2 is 2.00 bits per heavy atom. The fourth-order valence-corrected chi connectivity index (χ4v) is 2.44. The quantitative estimate of drug-likeness (QED) is 0.826. The molecule has 2 rings (SSSR count). The van der Waals surface area contributed by atoms with Crippen LogP contribution in [0.3, 0.4) is 0 Å². The van der Waals surface area contributed by atoms with Gasteiger partial charge in [-0.1, -0.05) is 24.3 Å². The van der Waals surface area contributed by atoms with Crippen LogP contribution in [-0.2, 0) is 0 Å². The molecule has 16 heavy (non-hydrogen) atoms. The molecule has 2 nitrogen and oxygen atoms in total. The van der Waals surface area contributed by atoms with E-state index in [1.165, 1.54) is 37.1 Å². The van der Waals surface area contributed by atoms with E-state index in [1.807, 2.05) is 6.92 Å². The molecule has 1 aromatic carbocycles. The lowest BCUT2D eigenvalue weighted by atomic mass is 9.88. The monoisotopic (exact) mass is 218 g/mol. The molecule has 0 saturated carbocycles. The molecule has 0 aromatic heterocycles. The molecule has 0 radical (unpaired) electrons. The Morgan fingerprint density at radius 3 is 2.62 bits per heavy atom. The summed E-state index contributed by atoms with van der Waals surface area (Å²) in [6.45, 7) is 4.48. The van der Waals surface area contributed by atoms with Crippen LogP contribution in [0.2, 0.25) is 0 Å². The summed E-state index contributed by atoms with van der Waals surface area (Å²) >= 11 is 0. The SMILES string of the molecule is CC(N)c1cccc(C2CCN(C)CC2)c1. The van der Waals surface area contributed by atoms with Gasteiger partial charge in [0, 0.05) is 6.04 Å². The largest absolute Gasteiger partial charge is 0.324 e. The van der Waals surface area contributed by atoms with Gasteiger partial charge in [-0.15, -0.1) is 0 Å². The van der Waals surface area contributed by atoms with Crippen molar-refractivity contribution in [2.45, 2.75) is 31.7 Å². The average Bonchev–Trinajstić information content (AvgIpc) is 2.30. The van der Waals surface area contributed by atoms with Crippen molar-refractivity contribution in [2.75, 3.05) is 20.1 Å². The third-order valence-corrected chi connectivity index (χ3v) is 3.63. The zero-order valence-electron chi connectivity index (χ0n) is 10.3. The van der Waals surface area contributed by atoms with Crippen molar-refractivity contribution in [3.05, 3.63) is 35.4 Å². The van der Waals surface area contributed by atoms with Gasteiger partial charge in [0.25, 0.3) is 0 Å². The Bertz CT molecular complexity index is 338. The second kappa shape index (κ2) is 4.98. The van der Waals surface area contributed by atoms with Crippen molar-refractivity contribution in [3.63, 3.8) is 0 Å². The van der Waals surface area contributed by atoms with Crippen LogP contribution < -0.4 is 5.73 Å². The summed E-state index contributed by atoms with van der Waals surface area (Å²) in [6, 6.07) is 8.96. The molecule has 0 aliphatic carbocycles. The molecular weight excluding hydrogens is 196 g/mol. The van der Waals surface area contributed by atoms with E-state index in [0.29, 0.717) is 0 Å². The maximum atomic E-state index is 5.93. The van der Waals surface area contributed by atoms with Gasteiger partial charge in [-0.05, 0) is 56.9 Å². The molecule has 0 spiro atoms. The van der Waals surface area contributed by atoms with Crippen molar-refractivity contribution in [1.82, 2.24) is 4.90 Å². The van der Waals surface area contributed by atoms with E-state index in [1.54, 1.807) is 0 Å². The third kappa shape index (κ3) is 2.63. The van der Waals surface area contributed by atoms with E-state index >= 15 is 0 Å². The molecule has 1 aliphatic heterocycles. The number of nitrogens with two attached hydrogens (primary N) is 1. The van der Waals surface area contributed by atoms with E-state index in [4.69, 9.17) is 5.73 Å². The van der Waals surface area contributed by atoms with Crippen LogP contribution in [0.4, 0.5) is 0 Å². The van der Waals surface area contributed by atoms with Crippen molar-refractivity contribution in [3.8, 4) is 0 Å². The molecule has 1 aromatic rings.